The van der Waals surface area contributed by atoms with E-state index in [0.29, 0.717) is 16.4 Å². The molecular weight excluding hydrogens is 474 g/mol. The average molecular weight is 490 g/mol. The summed E-state index contributed by atoms with van der Waals surface area (Å²) in [6.45, 7) is 0.245. The van der Waals surface area contributed by atoms with Crippen LogP contribution in [0, 0.1) is 0 Å². The topological polar surface area (TPSA) is 50.5 Å². The summed E-state index contributed by atoms with van der Waals surface area (Å²) < 4.78 is 6.86. The van der Waals surface area contributed by atoms with Crippen LogP contribution in [0.1, 0.15) is 11.3 Å². The lowest BCUT2D eigenvalue weighted by Crippen LogP contribution is -2.27. The molecular formula is C25H16BrNO3S. The highest BCUT2D eigenvalue weighted by atomic mass is 79.9. The Kier molecular flexibility index (Phi) is 5.26. The van der Waals surface area contributed by atoms with Crippen molar-refractivity contribution >= 4 is 55.7 Å². The molecule has 0 atom stereocenters. The van der Waals surface area contributed by atoms with Gasteiger partial charge in [0, 0.05) is 16.1 Å². The van der Waals surface area contributed by atoms with Gasteiger partial charge in [0.1, 0.15) is 11.5 Å². The van der Waals surface area contributed by atoms with Crippen LogP contribution >= 0.6 is 27.7 Å². The Bertz CT molecular complexity index is 1340. The van der Waals surface area contributed by atoms with Crippen LogP contribution in [0.2, 0.25) is 0 Å². The Hall–Kier alpha value is -3.09. The van der Waals surface area contributed by atoms with Crippen molar-refractivity contribution in [2.24, 2.45) is 0 Å². The minimum absolute atomic E-state index is 0.245. The first kappa shape index (κ1) is 19.8. The summed E-state index contributed by atoms with van der Waals surface area (Å²) in [5.74, 6) is 0.938. The molecule has 2 amide bonds. The monoisotopic (exact) mass is 489 g/mol. The molecule has 1 saturated heterocycles. The molecule has 0 radical (unpaired) electrons. The fourth-order valence-corrected chi connectivity index (χ4v) is 4.57. The molecule has 1 aromatic heterocycles. The maximum atomic E-state index is 12.9. The van der Waals surface area contributed by atoms with Crippen molar-refractivity contribution in [2.45, 2.75) is 6.54 Å². The molecule has 0 spiro atoms. The molecule has 0 bridgehead atoms. The summed E-state index contributed by atoms with van der Waals surface area (Å²) in [6.07, 6.45) is 1.63. The number of nitrogens with zero attached hydrogens (tertiary/aromatic N) is 1. The van der Waals surface area contributed by atoms with Gasteiger partial charge in [0.05, 0.1) is 11.4 Å². The summed E-state index contributed by atoms with van der Waals surface area (Å²) in [5.41, 5.74) is 1.85. The van der Waals surface area contributed by atoms with Crippen molar-refractivity contribution in [3.8, 4) is 11.3 Å². The van der Waals surface area contributed by atoms with E-state index in [0.717, 1.165) is 38.1 Å². The molecule has 1 fully saturated rings. The van der Waals surface area contributed by atoms with E-state index in [4.69, 9.17) is 4.42 Å². The third-order valence-corrected chi connectivity index (χ3v) is 6.49. The molecule has 0 N–H and O–H groups in total. The third-order valence-electron chi connectivity index (χ3n) is 5.06. The zero-order chi connectivity index (χ0) is 21.4. The van der Waals surface area contributed by atoms with Gasteiger partial charge in [-0.05, 0) is 58.4 Å². The summed E-state index contributed by atoms with van der Waals surface area (Å²) in [5, 5.41) is 1.93. The number of hydrogen-bond donors (Lipinski definition) is 0. The molecule has 0 aliphatic carbocycles. The Morgan fingerprint density at radius 1 is 0.903 bits per heavy atom. The van der Waals surface area contributed by atoms with Crippen molar-refractivity contribution in [1.82, 2.24) is 4.90 Å². The largest absolute Gasteiger partial charge is 0.457 e. The number of thioether (sulfide) groups is 1. The summed E-state index contributed by atoms with van der Waals surface area (Å²) >= 11 is 4.36. The maximum Gasteiger partial charge on any atom is 0.293 e. The normalized spacial score (nSPS) is 15.4. The molecule has 3 aromatic carbocycles. The number of furan rings is 1. The van der Waals surface area contributed by atoms with Crippen LogP contribution in [0.3, 0.4) is 0 Å². The Labute approximate surface area is 191 Å². The van der Waals surface area contributed by atoms with Gasteiger partial charge < -0.3 is 4.42 Å². The van der Waals surface area contributed by atoms with Crippen molar-refractivity contribution < 1.29 is 14.0 Å². The predicted molar refractivity (Wildman–Crippen MR) is 127 cm³/mol. The molecule has 1 aliphatic rings. The number of carbonyl (C=O) groups excluding carboxylic acids is 2. The lowest BCUT2D eigenvalue weighted by molar-refractivity contribution is -0.123. The van der Waals surface area contributed by atoms with Crippen LogP contribution in [0.15, 0.2) is 92.7 Å². The highest BCUT2D eigenvalue weighted by Gasteiger charge is 2.35. The van der Waals surface area contributed by atoms with Gasteiger partial charge in [-0.1, -0.05) is 64.5 Å². The van der Waals surface area contributed by atoms with E-state index in [9.17, 15) is 9.59 Å². The SMILES string of the molecule is O=C1S/C(=C\c2ccc(-c3ccc(Br)cc3)o2)C(=O)N1Cc1ccc2ccccc2c1. The van der Waals surface area contributed by atoms with Gasteiger partial charge in [-0.2, -0.15) is 0 Å². The first-order chi connectivity index (χ1) is 15.1. The predicted octanol–water partition coefficient (Wildman–Crippen LogP) is 7.10. The molecule has 4 aromatic rings. The van der Waals surface area contributed by atoms with Gasteiger partial charge >= 0.3 is 0 Å². The van der Waals surface area contributed by atoms with Crippen molar-refractivity contribution in [2.75, 3.05) is 0 Å². The van der Waals surface area contributed by atoms with Gasteiger partial charge in [0.15, 0.2) is 0 Å². The van der Waals surface area contributed by atoms with E-state index in [1.165, 1.54) is 4.90 Å². The van der Waals surface area contributed by atoms with Gasteiger partial charge in [-0.25, -0.2) is 0 Å². The van der Waals surface area contributed by atoms with Crippen LogP contribution in [-0.4, -0.2) is 16.0 Å². The highest BCUT2D eigenvalue weighted by Crippen LogP contribution is 2.34. The standard InChI is InChI=1S/C25H16BrNO3S/c26-20-9-7-18(8-10-20)22-12-11-21(30-22)14-23-24(28)27(25(29)31-23)15-16-5-6-17-3-1-2-4-19(17)13-16/h1-14H,15H2/b23-14-. The maximum absolute atomic E-state index is 12.9. The number of benzene rings is 3. The van der Waals surface area contributed by atoms with E-state index >= 15 is 0 Å². The van der Waals surface area contributed by atoms with Crippen LogP contribution in [0.25, 0.3) is 28.2 Å². The molecule has 0 unspecified atom stereocenters. The summed E-state index contributed by atoms with van der Waals surface area (Å²) in [7, 11) is 0. The van der Waals surface area contributed by atoms with Crippen LogP contribution in [0.4, 0.5) is 4.79 Å². The second-order valence-electron chi connectivity index (χ2n) is 7.16. The molecule has 4 nitrogen and oxygen atoms in total. The zero-order valence-electron chi connectivity index (χ0n) is 16.2. The van der Waals surface area contributed by atoms with Crippen molar-refractivity contribution in [3.63, 3.8) is 0 Å². The molecule has 6 heteroatoms. The fraction of sp³-hybridized carbons (Fsp3) is 0.0400. The third kappa shape index (κ3) is 4.09. The molecule has 5 rings (SSSR count). The quantitative estimate of drug-likeness (QED) is 0.287. The van der Waals surface area contributed by atoms with E-state index in [1.54, 1.807) is 12.1 Å². The average Bonchev–Trinajstić information content (AvgIpc) is 3.34. The number of imide groups is 1. The fourth-order valence-electron chi connectivity index (χ4n) is 3.48. The van der Waals surface area contributed by atoms with Crippen LogP contribution in [-0.2, 0) is 11.3 Å². The lowest BCUT2D eigenvalue weighted by atomic mass is 10.1. The van der Waals surface area contributed by atoms with E-state index in [1.807, 2.05) is 72.8 Å². The Balaban J connectivity index is 1.36. The smallest absolute Gasteiger partial charge is 0.293 e. The Morgan fingerprint density at radius 3 is 2.48 bits per heavy atom. The number of hydrogen-bond acceptors (Lipinski definition) is 4. The van der Waals surface area contributed by atoms with Gasteiger partial charge in [0.2, 0.25) is 0 Å². The van der Waals surface area contributed by atoms with Crippen LogP contribution in [0.5, 0.6) is 0 Å². The van der Waals surface area contributed by atoms with E-state index < -0.39 is 0 Å². The molecule has 1 aliphatic heterocycles. The molecule has 0 saturated carbocycles. The molecule has 31 heavy (non-hydrogen) atoms. The van der Waals surface area contributed by atoms with E-state index in [-0.39, 0.29) is 17.7 Å². The van der Waals surface area contributed by atoms with Crippen molar-refractivity contribution in [3.05, 3.63) is 99.6 Å². The van der Waals surface area contributed by atoms with Gasteiger partial charge in [0.25, 0.3) is 11.1 Å². The number of fused-ring (bicyclic) bond motifs is 1. The van der Waals surface area contributed by atoms with Crippen molar-refractivity contribution in [1.29, 1.82) is 0 Å². The second-order valence-corrected chi connectivity index (χ2v) is 9.07. The van der Waals surface area contributed by atoms with Gasteiger partial charge in [-0.3, -0.25) is 14.5 Å². The number of rotatable bonds is 4. The van der Waals surface area contributed by atoms with E-state index in [2.05, 4.69) is 15.9 Å². The Morgan fingerprint density at radius 2 is 1.68 bits per heavy atom. The second kappa shape index (κ2) is 8.21. The minimum Gasteiger partial charge on any atom is -0.457 e. The summed E-state index contributed by atoms with van der Waals surface area (Å²) in [4.78, 5) is 27.0. The van der Waals surface area contributed by atoms with Gasteiger partial charge in [-0.15, -0.1) is 0 Å². The molecule has 2 heterocycles. The first-order valence-electron chi connectivity index (χ1n) is 9.66. The van der Waals surface area contributed by atoms with Crippen LogP contribution < -0.4 is 0 Å². The first-order valence-corrected chi connectivity index (χ1v) is 11.3. The number of halogens is 1. The lowest BCUT2D eigenvalue weighted by Gasteiger charge is -2.13. The number of amides is 2. The zero-order valence-corrected chi connectivity index (χ0v) is 18.7. The highest BCUT2D eigenvalue weighted by molar-refractivity contribution is 9.10. The number of carbonyl (C=O) groups is 2. The summed E-state index contributed by atoms with van der Waals surface area (Å²) in [6, 6.07) is 25.4. The minimum atomic E-state index is -0.301. The molecule has 152 valence electrons.